The second-order valence-electron chi connectivity index (χ2n) is 2.68. The van der Waals surface area contributed by atoms with E-state index in [4.69, 9.17) is 10.8 Å². The van der Waals surface area contributed by atoms with Crippen LogP contribution < -0.4 is 5.73 Å². The van der Waals surface area contributed by atoms with Gasteiger partial charge in [-0.05, 0) is 0 Å². The van der Waals surface area contributed by atoms with Crippen LogP contribution in [0.15, 0.2) is 24.3 Å². The number of carbonyl (C=O) groups excluding carboxylic acids is 1. The quantitative estimate of drug-likeness (QED) is 0.554. The first kappa shape index (κ1) is 8.67. The van der Waals surface area contributed by atoms with Crippen LogP contribution in [0.3, 0.4) is 0 Å². The molecule has 0 fully saturated rings. The molecule has 0 radical (unpaired) electrons. The smallest absolute Gasteiger partial charge is 0.313 e. The summed E-state index contributed by atoms with van der Waals surface area (Å²) in [4.78, 5) is 21.1. The van der Waals surface area contributed by atoms with Crippen molar-refractivity contribution in [1.29, 1.82) is 0 Å². The highest BCUT2D eigenvalue weighted by Crippen LogP contribution is 2.20. The van der Waals surface area contributed by atoms with Crippen LogP contribution in [0.25, 0.3) is 0 Å². The summed E-state index contributed by atoms with van der Waals surface area (Å²) in [5.41, 5.74) is 4.13. The third-order valence-electron chi connectivity index (χ3n) is 1.81. The van der Waals surface area contributed by atoms with Gasteiger partial charge in [-0.15, -0.1) is 0 Å². The summed E-state index contributed by atoms with van der Waals surface area (Å²) < 4.78 is 0. The molecule has 2 unspecified atom stereocenters. The first-order valence-electron chi connectivity index (χ1n) is 3.44. The standard InChI is InChI=1S/C8H9NO3/c9-8(5-10)4-2-1-3-6(8)7(11)12/h1-6H,9H2,(H,11,12). The van der Waals surface area contributed by atoms with Crippen LogP contribution in [-0.4, -0.2) is 22.9 Å². The number of carboxylic acids is 1. The fourth-order valence-electron chi connectivity index (χ4n) is 1.08. The predicted octanol–water partition coefficient (Wildman–Crippen LogP) is -0.290. The average Bonchev–Trinajstić information content (AvgIpc) is 2.05. The van der Waals surface area contributed by atoms with Crippen LogP contribution in [0.5, 0.6) is 0 Å². The fraction of sp³-hybridized carbons (Fsp3) is 0.250. The first-order valence-corrected chi connectivity index (χ1v) is 3.44. The third kappa shape index (κ3) is 1.29. The molecule has 1 aliphatic carbocycles. The zero-order valence-electron chi connectivity index (χ0n) is 6.31. The number of rotatable bonds is 2. The van der Waals surface area contributed by atoms with Crippen LogP contribution in [-0.2, 0) is 9.59 Å². The number of carboxylic acid groups (broad SMARTS) is 1. The zero-order valence-corrected chi connectivity index (χ0v) is 6.31. The van der Waals surface area contributed by atoms with Crippen LogP contribution in [0.1, 0.15) is 0 Å². The average molecular weight is 167 g/mol. The van der Waals surface area contributed by atoms with Crippen molar-refractivity contribution in [3.63, 3.8) is 0 Å². The minimum absolute atomic E-state index is 0.450. The molecule has 0 heterocycles. The maximum absolute atomic E-state index is 10.6. The van der Waals surface area contributed by atoms with Crippen molar-refractivity contribution in [2.24, 2.45) is 11.7 Å². The van der Waals surface area contributed by atoms with E-state index in [1.54, 1.807) is 12.2 Å². The van der Waals surface area contributed by atoms with Crippen molar-refractivity contribution >= 4 is 12.3 Å². The number of allylic oxidation sites excluding steroid dienone is 2. The Morgan fingerprint density at radius 1 is 1.58 bits per heavy atom. The minimum atomic E-state index is -1.39. The fourth-order valence-corrected chi connectivity index (χ4v) is 1.08. The van der Waals surface area contributed by atoms with E-state index < -0.39 is 17.4 Å². The first-order chi connectivity index (χ1) is 5.60. The molecule has 4 heteroatoms. The van der Waals surface area contributed by atoms with Crippen LogP contribution >= 0.6 is 0 Å². The summed E-state index contributed by atoms with van der Waals surface area (Å²) in [6, 6.07) is 0. The lowest BCUT2D eigenvalue weighted by atomic mass is 9.83. The van der Waals surface area contributed by atoms with Crippen molar-refractivity contribution in [2.75, 3.05) is 0 Å². The lowest BCUT2D eigenvalue weighted by Crippen LogP contribution is -2.50. The van der Waals surface area contributed by atoms with Gasteiger partial charge in [0.25, 0.3) is 0 Å². The molecule has 64 valence electrons. The molecule has 2 atom stereocenters. The van der Waals surface area contributed by atoms with Crippen molar-refractivity contribution in [3.05, 3.63) is 24.3 Å². The number of hydrogen-bond acceptors (Lipinski definition) is 3. The maximum atomic E-state index is 10.6. The zero-order chi connectivity index (χ0) is 9.19. The highest BCUT2D eigenvalue weighted by Gasteiger charge is 2.37. The summed E-state index contributed by atoms with van der Waals surface area (Å²) in [7, 11) is 0. The van der Waals surface area contributed by atoms with E-state index in [0.717, 1.165) is 0 Å². The van der Waals surface area contributed by atoms with E-state index in [1.807, 2.05) is 0 Å². The summed E-state index contributed by atoms with van der Waals surface area (Å²) in [6.07, 6.45) is 6.36. The maximum Gasteiger partial charge on any atom is 0.313 e. The SMILES string of the molecule is NC1(C=O)C=CC=CC1C(=O)O. The molecule has 1 rings (SSSR count). The Balaban J connectivity index is 2.99. The molecule has 0 bridgehead atoms. The Morgan fingerprint density at radius 3 is 2.67 bits per heavy atom. The Labute approximate surface area is 69.4 Å². The largest absolute Gasteiger partial charge is 0.481 e. The van der Waals surface area contributed by atoms with Crippen LogP contribution in [0, 0.1) is 5.92 Å². The topological polar surface area (TPSA) is 80.4 Å². The number of hydrogen-bond donors (Lipinski definition) is 2. The van der Waals surface area contributed by atoms with Crippen LogP contribution in [0.4, 0.5) is 0 Å². The molecule has 0 spiro atoms. The van der Waals surface area contributed by atoms with Gasteiger partial charge in [0.05, 0.1) is 0 Å². The van der Waals surface area contributed by atoms with Crippen molar-refractivity contribution in [2.45, 2.75) is 5.54 Å². The highest BCUT2D eigenvalue weighted by molar-refractivity contribution is 5.84. The van der Waals surface area contributed by atoms with Crippen molar-refractivity contribution in [1.82, 2.24) is 0 Å². The molecule has 0 aromatic heterocycles. The molecular formula is C8H9NO3. The van der Waals surface area contributed by atoms with Gasteiger partial charge < -0.3 is 15.6 Å². The Hall–Kier alpha value is -1.42. The van der Waals surface area contributed by atoms with Gasteiger partial charge in [0.1, 0.15) is 17.7 Å². The van der Waals surface area contributed by atoms with Gasteiger partial charge in [0.2, 0.25) is 0 Å². The summed E-state index contributed by atoms with van der Waals surface area (Å²) >= 11 is 0. The van der Waals surface area contributed by atoms with Gasteiger partial charge in [-0.25, -0.2) is 0 Å². The van der Waals surface area contributed by atoms with E-state index in [2.05, 4.69) is 0 Å². The van der Waals surface area contributed by atoms with Gasteiger partial charge in [-0.1, -0.05) is 24.3 Å². The van der Waals surface area contributed by atoms with Gasteiger partial charge in [-0.2, -0.15) is 0 Å². The molecule has 0 saturated heterocycles. The van der Waals surface area contributed by atoms with E-state index in [9.17, 15) is 9.59 Å². The second-order valence-corrected chi connectivity index (χ2v) is 2.68. The number of carbonyl (C=O) groups is 2. The summed E-state index contributed by atoms with van der Waals surface area (Å²) in [6.45, 7) is 0. The number of aldehydes is 1. The van der Waals surface area contributed by atoms with E-state index >= 15 is 0 Å². The monoisotopic (exact) mass is 167 g/mol. The molecular weight excluding hydrogens is 158 g/mol. The normalized spacial score (nSPS) is 33.2. The number of nitrogens with two attached hydrogens (primary N) is 1. The molecule has 0 aromatic rings. The molecule has 0 saturated carbocycles. The lowest BCUT2D eigenvalue weighted by Gasteiger charge is -2.25. The Bertz CT molecular complexity index is 269. The lowest BCUT2D eigenvalue weighted by molar-refractivity contribution is -0.142. The Morgan fingerprint density at radius 2 is 2.25 bits per heavy atom. The van der Waals surface area contributed by atoms with Gasteiger partial charge >= 0.3 is 5.97 Å². The highest BCUT2D eigenvalue weighted by atomic mass is 16.4. The predicted molar refractivity (Wildman–Crippen MR) is 42.4 cm³/mol. The molecule has 0 amide bonds. The van der Waals surface area contributed by atoms with Crippen molar-refractivity contribution < 1.29 is 14.7 Å². The second kappa shape index (κ2) is 2.91. The van der Waals surface area contributed by atoms with Gasteiger partial charge in [-0.3, -0.25) is 4.79 Å². The van der Waals surface area contributed by atoms with Crippen LogP contribution in [0.2, 0.25) is 0 Å². The molecule has 3 N–H and O–H groups in total. The molecule has 1 aliphatic rings. The summed E-state index contributed by atoms with van der Waals surface area (Å²) in [5, 5.41) is 8.68. The van der Waals surface area contributed by atoms with E-state index in [-0.39, 0.29) is 0 Å². The van der Waals surface area contributed by atoms with Crippen molar-refractivity contribution in [3.8, 4) is 0 Å². The molecule has 0 aliphatic heterocycles. The van der Waals surface area contributed by atoms with Gasteiger partial charge in [0, 0.05) is 0 Å². The molecule has 0 aromatic carbocycles. The minimum Gasteiger partial charge on any atom is -0.481 e. The van der Waals surface area contributed by atoms with E-state index in [0.29, 0.717) is 6.29 Å². The summed E-state index contributed by atoms with van der Waals surface area (Å²) in [5.74, 6) is -2.05. The molecule has 4 nitrogen and oxygen atoms in total. The molecule has 12 heavy (non-hydrogen) atoms. The number of aliphatic carboxylic acids is 1. The van der Waals surface area contributed by atoms with Gasteiger partial charge in [0.15, 0.2) is 0 Å². The Kier molecular flexibility index (Phi) is 2.10. The third-order valence-corrected chi connectivity index (χ3v) is 1.81. The van der Waals surface area contributed by atoms with E-state index in [1.165, 1.54) is 12.2 Å².